The molecule has 1 unspecified atom stereocenters. The van der Waals surface area contributed by atoms with Gasteiger partial charge in [-0.25, -0.2) is 0 Å². The van der Waals surface area contributed by atoms with Gasteiger partial charge in [-0.05, 0) is 38.2 Å². The van der Waals surface area contributed by atoms with E-state index in [1.807, 2.05) is 37.3 Å². The first-order valence-electron chi connectivity index (χ1n) is 7.31. The molecular formula is C17H21NO3. The monoisotopic (exact) mass is 287 g/mol. The van der Waals surface area contributed by atoms with Crippen LogP contribution < -0.4 is 5.32 Å². The van der Waals surface area contributed by atoms with Gasteiger partial charge in [-0.15, -0.1) is 0 Å². The molecule has 0 spiro atoms. The minimum atomic E-state index is -0.878. The van der Waals surface area contributed by atoms with Crippen molar-refractivity contribution in [2.24, 2.45) is 5.92 Å². The summed E-state index contributed by atoms with van der Waals surface area (Å²) in [5.74, 6) is -1.58. The largest absolute Gasteiger partial charge is 0.481 e. The second-order valence-electron chi connectivity index (χ2n) is 5.55. The highest BCUT2D eigenvalue weighted by Crippen LogP contribution is 2.25. The van der Waals surface area contributed by atoms with Gasteiger partial charge in [-0.1, -0.05) is 35.9 Å². The van der Waals surface area contributed by atoms with Gasteiger partial charge in [0.25, 0.3) is 0 Å². The van der Waals surface area contributed by atoms with Crippen molar-refractivity contribution in [3.05, 3.63) is 47.0 Å². The molecule has 1 aromatic rings. The van der Waals surface area contributed by atoms with Crippen molar-refractivity contribution in [1.29, 1.82) is 0 Å². The summed E-state index contributed by atoms with van der Waals surface area (Å²) >= 11 is 0. The summed E-state index contributed by atoms with van der Waals surface area (Å²) in [5.41, 5.74) is 2.93. The highest BCUT2D eigenvalue weighted by atomic mass is 16.4. The fourth-order valence-electron chi connectivity index (χ4n) is 2.67. The Bertz CT molecular complexity index is 548. The van der Waals surface area contributed by atoms with Crippen LogP contribution in [0.15, 0.2) is 41.5 Å². The average molecular weight is 287 g/mol. The molecule has 0 bridgehead atoms. The first-order valence-corrected chi connectivity index (χ1v) is 7.31. The number of hydrogen-bond donors (Lipinski definition) is 2. The Hall–Kier alpha value is -2.10. The molecule has 1 amide bonds. The molecular weight excluding hydrogens is 266 g/mol. The summed E-state index contributed by atoms with van der Waals surface area (Å²) < 4.78 is 0. The minimum absolute atomic E-state index is 0.107. The van der Waals surface area contributed by atoms with E-state index in [9.17, 15) is 14.7 Å². The van der Waals surface area contributed by atoms with E-state index in [1.54, 1.807) is 0 Å². The molecule has 0 saturated heterocycles. The van der Waals surface area contributed by atoms with Gasteiger partial charge in [0.2, 0.25) is 5.91 Å². The predicted molar refractivity (Wildman–Crippen MR) is 80.8 cm³/mol. The van der Waals surface area contributed by atoms with Crippen LogP contribution in [-0.2, 0) is 16.0 Å². The fourth-order valence-corrected chi connectivity index (χ4v) is 2.67. The molecule has 21 heavy (non-hydrogen) atoms. The zero-order valence-corrected chi connectivity index (χ0v) is 12.3. The van der Waals surface area contributed by atoms with Gasteiger partial charge >= 0.3 is 5.97 Å². The standard InChI is InChI=1S/C17H21NO3/c1-12-6-5-9-15(12)16(19)18-11-14(17(20)21)10-13-7-3-2-4-8-13/h2-4,7-8,14H,5-6,9-11H2,1H3,(H,18,19)(H,20,21). The third kappa shape index (κ3) is 4.18. The molecule has 4 heteroatoms. The number of carbonyl (C=O) groups is 2. The first kappa shape index (κ1) is 15.3. The van der Waals surface area contributed by atoms with Crippen LogP contribution in [0.2, 0.25) is 0 Å². The maximum atomic E-state index is 12.1. The molecule has 1 atom stereocenters. The summed E-state index contributed by atoms with van der Waals surface area (Å²) in [6, 6.07) is 9.48. The number of allylic oxidation sites excluding steroid dienone is 1. The molecule has 1 aliphatic carbocycles. The van der Waals surface area contributed by atoms with Crippen LogP contribution in [0.25, 0.3) is 0 Å². The second kappa shape index (κ2) is 7.07. The summed E-state index contributed by atoms with van der Waals surface area (Å²) in [5, 5.41) is 12.1. The quantitative estimate of drug-likeness (QED) is 0.845. The SMILES string of the molecule is CC1=C(C(=O)NCC(Cc2ccccc2)C(=O)O)CCC1. The number of aliphatic carboxylic acids is 1. The van der Waals surface area contributed by atoms with Crippen molar-refractivity contribution in [2.75, 3.05) is 6.54 Å². The number of carboxylic acid groups (broad SMARTS) is 1. The smallest absolute Gasteiger partial charge is 0.308 e. The van der Waals surface area contributed by atoms with Gasteiger partial charge in [0.1, 0.15) is 0 Å². The Balaban J connectivity index is 1.93. The van der Waals surface area contributed by atoms with E-state index in [-0.39, 0.29) is 12.5 Å². The number of carboxylic acids is 1. The molecule has 112 valence electrons. The Kier molecular flexibility index (Phi) is 5.14. The predicted octanol–water partition coefficient (Wildman–Crippen LogP) is 2.55. The lowest BCUT2D eigenvalue weighted by atomic mass is 9.99. The summed E-state index contributed by atoms with van der Waals surface area (Å²) in [6.45, 7) is 2.14. The maximum absolute atomic E-state index is 12.1. The van der Waals surface area contributed by atoms with E-state index >= 15 is 0 Å². The number of benzene rings is 1. The highest BCUT2D eigenvalue weighted by molar-refractivity contribution is 5.94. The van der Waals surface area contributed by atoms with Gasteiger partial charge in [0.05, 0.1) is 5.92 Å². The molecule has 2 N–H and O–H groups in total. The fraction of sp³-hybridized carbons (Fsp3) is 0.412. The lowest BCUT2D eigenvalue weighted by Gasteiger charge is -2.14. The molecule has 0 aromatic heterocycles. The number of carbonyl (C=O) groups excluding carboxylic acids is 1. The molecule has 1 aromatic carbocycles. The van der Waals surface area contributed by atoms with E-state index in [0.29, 0.717) is 6.42 Å². The number of amides is 1. The second-order valence-corrected chi connectivity index (χ2v) is 5.55. The van der Waals surface area contributed by atoms with Crippen LogP contribution in [0.1, 0.15) is 31.7 Å². The Labute approximate surface area is 124 Å². The number of hydrogen-bond acceptors (Lipinski definition) is 2. The third-order valence-electron chi connectivity index (χ3n) is 3.95. The van der Waals surface area contributed by atoms with Crippen LogP contribution in [0.5, 0.6) is 0 Å². The molecule has 0 aliphatic heterocycles. The Morgan fingerprint density at radius 1 is 1.24 bits per heavy atom. The molecule has 1 aliphatic rings. The highest BCUT2D eigenvalue weighted by Gasteiger charge is 2.22. The van der Waals surface area contributed by atoms with Gasteiger partial charge in [-0.3, -0.25) is 9.59 Å². The van der Waals surface area contributed by atoms with Crippen LogP contribution in [0.3, 0.4) is 0 Å². The normalized spacial score (nSPS) is 15.9. The summed E-state index contributed by atoms with van der Waals surface area (Å²) in [7, 11) is 0. The van der Waals surface area contributed by atoms with E-state index in [1.165, 1.54) is 0 Å². The van der Waals surface area contributed by atoms with Crippen molar-refractivity contribution in [3.63, 3.8) is 0 Å². The average Bonchev–Trinajstić information content (AvgIpc) is 2.90. The minimum Gasteiger partial charge on any atom is -0.481 e. The maximum Gasteiger partial charge on any atom is 0.308 e. The lowest BCUT2D eigenvalue weighted by Crippen LogP contribution is -2.34. The van der Waals surface area contributed by atoms with E-state index in [2.05, 4.69) is 5.32 Å². The zero-order valence-electron chi connectivity index (χ0n) is 12.3. The zero-order chi connectivity index (χ0) is 15.2. The molecule has 0 fully saturated rings. The molecule has 0 heterocycles. The lowest BCUT2D eigenvalue weighted by molar-refractivity contribution is -0.141. The van der Waals surface area contributed by atoms with Gasteiger partial charge in [-0.2, -0.15) is 0 Å². The van der Waals surface area contributed by atoms with Crippen molar-refractivity contribution < 1.29 is 14.7 Å². The Morgan fingerprint density at radius 2 is 1.95 bits per heavy atom. The van der Waals surface area contributed by atoms with E-state index < -0.39 is 11.9 Å². The van der Waals surface area contributed by atoms with Gasteiger partial charge in [0.15, 0.2) is 0 Å². The summed E-state index contributed by atoms with van der Waals surface area (Å²) in [6.07, 6.45) is 3.21. The summed E-state index contributed by atoms with van der Waals surface area (Å²) in [4.78, 5) is 23.4. The molecule has 2 rings (SSSR count). The van der Waals surface area contributed by atoms with Gasteiger partial charge in [0, 0.05) is 12.1 Å². The van der Waals surface area contributed by atoms with Crippen molar-refractivity contribution in [1.82, 2.24) is 5.32 Å². The first-order chi connectivity index (χ1) is 10.1. The van der Waals surface area contributed by atoms with Crippen molar-refractivity contribution in [3.8, 4) is 0 Å². The van der Waals surface area contributed by atoms with Crippen molar-refractivity contribution >= 4 is 11.9 Å². The molecule has 0 saturated carbocycles. The number of rotatable bonds is 6. The van der Waals surface area contributed by atoms with Crippen molar-refractivity contribution in [2.45, 2.75) is 32.6 Å². The van der Waals surface area contributed by atoms with Crippen LogP contribution in [0, 0.1) is 5.92 Å². The topological polar surface area (TPSA) is 66.4 Å². The molecule has 4 nitrogen and oxygen atoms in total. The third-order valence-corrected chi connectivity index (χ3v) is 3.95. The van der Waals surface area contributed by atoms with Gasteiger partial charge < -0.3 is 10.4 Å². The van der Waals surface area contributed by atoms with Crippen LogP contribution in [-0.4, -0.2) is 23.5 Å². The van der Waals surface area contributed by atoms with E-state index in [4.69, 9.17) is 0 Å². The molecule has 0 radical (unpaired) electrons. The van der Waals surface area contributed by atoms with Crippen LogP contribution in [0.4, 0.5) is 0 Å². The van der Waals surface area contributed by atoms with Crippen LogP contribution >= 0.6 is 0 Å². The van der Waals surface area contributed by atoms with E-state index in [0.717, 1.165) is 36.0 Å². The number of nitrogens with one attached hydrogen (secondary N) is 1. The Morgan fingerprint density at radius 3 is 2.52 bits per heavy atom.